The van der Waals surface area contributed by atoms with Crippen LogP contribution < -0.4 is 5.32 Å². The van der Waals surface area contributed by atoms with Crippen molar-refractivity contribution >= 4 is 19.1 Å². The molecule has 7 nitrogen and oxygen atoms in total. The Morgan fingerprint density at radius 3 is 1.83 bits per heavy atom. The average Bonchev–Trinajstić information content (AvgIpc) is 3.22. The third-order valence-electron chi connectivity index (χ3n) is 6.61. The molecule has 1 unspecified atom stereocenters. The van der Waals surface area contributed by atoms with E-state index in [1.165, 1.54) is 0 Å². The molecule has 0 radical (unpaired) electrons. The van der Waals surface area contributed by atoms with Gasteiger partial charge in [0, 0.05) is 0 Å². The number of alkyl carbamates (subject to hydrolysis) is 1. The molecule has 0 saturated carbocycles. The number of aliphatic imine (C=N–C) groups is 1. The van der Waals surface area contributed by atoms with Crippen LogP contribution in [0.1, 0.15) is 77.6 Å². The zero-order chi connectivity index (χ0) is 30.5. The molecule has 0 saturated heterocycles. The number of aryl methyl sites for hydroxylation is 1. The van der Waals surface area contributed by atoms with Crippen molar-refractivity contribution < 1.29 is 23.1 Å². The second-order valence-corrected chi connectivity index (χ2v) is 14.0. The first-order valence-electron chi connectivity index (χ1n) is 14.6. The molecule has 1 amide bonds. The third-order valence-corrected chi connectivity index (χ3v) is 9.00. The number of nitrogens with zero attached hydrogens (tertiary/aromatic N) is 1. The predicted molar refractivity (Wildman–Crippen MR) is 169 cm³/mol. The van der Waals surface area contributed by atoms with Gasteiger partial charge in [-0.1, -0.05) is 78.9 Å². The Morgan fingerprint density at radius 2 is 1.33 bits per heavy atom. The number of fused-ring (bicyclic) bond motifs is 3. The lowest BCUT2D eigenvalue weighted by Crippen LogP contribution is -2.44. The number of hydrogen-bond donors (Lipinski definition) is 1. The van der Waals surface area contributed by atoms with Crippen molar-refractivity contribution in [1.82, 2.24) is 5.32 Å². The molecule has 0 fully saturated rings. The second-order valence-electron chi connectivity index (χ2n) is 12.1. The van der Waals surface area contributed by atoms with E-state index in [1.54, 1.807) is 0 Å². The van der Waals surface area contributed by atoms with Gasteiger partial charge in [0.05, 0.1) is 18.2 Å². The first-order valence-corrected chi connectivity index (χ1v) is 16.2. The monoisotopic (exact) mass is 590 g/mol. The van der Waals surface area contributed by atoms with Crippen LogP contribution in [-0.4, -0.2) is 35.4 Å². The van der Waals surface area contributed by atoms with Gasteiger partial charge in [0.15, 0.2) is 0 Å². The van der Waals surface area contributed by atoms with Crippen molar-refractivity contribution in [3.8, 4) is 11.1 Å². The zero-order valence-corrected chi connectivity index (χ0v) is 26.6. The van der Waals surface area contributed by atoms with E-state index in [4.69, 9.17) is 18.8 Å². The van der Waals surface area contributed by atoms with E-state index in [-0.39, 0.29) is 5.45 Å². The SMILES string of the molecule is CC(C)OP(=O)(OC(C)C)C(=NC1c2ccccc2-c2ccccc21)C(CCc1ccccc1)NC(=O)OC(C)(C)C. The summed E-state index contributed by atoms with van der Waals surface area (Å²) >= 11 is 0. The van der Waals surface area contributed by atoms with Gasteiger partial charge in [-0.05, 0) is 89.1 Å². The Morgan fingerprint density at radius 1 is 0.833 bits per heavy atom. The molecule has 4 rings (SSSR count). The number of nitrogens with one attached hydrogen (secondary N) is 1. The molecule has 1 aliphatic carbocycles. The van der Waals surface area contributed by atoms with Crippen molar-refractivity contribution in [2.45, 2.75) is 91.2 Å². The summed E-state index contributed by atoms with van der Waals surface area (Å²) in [5, 5.41) is 2.99. The lowest BCUT2D eigenvalue weighted by Gasteiger charge is -2.30. The number of carbonyl (C=O) groups is 1. The van der Waals surface area contributed by atoms with E-state index in [0.717, 1.165) is 27.8 Å². The summed E-state index contributed by atoms with van der Waals surface area (Å²) in [5.41, 5.74) is 4.68. The number of ether oxygens (including phenoxy) is 1. The highest BCUT2D eigenvalue weighted by atomic mass is 31.2. The van der Waals surface area contributed by atoms with Gasteiger partial charge in [0.1, 0.15) is 17.1 Å². The summed E-state index contributed by atoms with van der Waals surface area (Å²) in [6.07, 6.45) is -0.452. The van der Waals surface area contributed by atoms with E-state index < -0.39 is 43.6 Å². The Balaban J connectivity index is 1.89. The van der Waals surface area contributed by atoms with Crippen molar-refractivity contribution in [2.24, 2.45) is 4.99 Å². The van der Waals surface area contributed by atoms with Gasteiger partial charge in [-0.2, -0.15) is 0 Å². The summed E-state index contributed by atoms with van der Waals surface area (Å²) < 4.78 is 32.8. The highest BCUT2D eigenvalue weighted by Crippen LogP contribution is 2.55. The summed E-state index contributed by atoms with van der Waals surface area (Å²) in [5.74, 6) is 0. The van der Waals surface area contributed by atoms with Gasteiger partial charge < -0.3 is 19.1 Å². The zero-order valence-electron chi connectivity index (χ0n) is 25.7. The maximum atomic E-state index is 14.9. The topological polar surface area (TPSA) is 86.2 Å². The number of rotatable bonds is 11. The Bertz CT molecular complexity index is 1390. The Kier molecular flexibility index (Phi) is 10.1. The fourth-order valence-electron chi connectivity index (χ4n) is 5.11. The molecular formula is C34H43N2O5P. The number of amides is 1. The number of hydrogen-bond acceptors (Lipinski definition) is 6. The van der Waals surface area contributed by atoms with Crippen LogP contribution >= 0.6 is 7.60 Å². The van der Waals surface area contributed by atoms with Crippen LogP contribution in [0.25, 0.3) is 11.1 Å². The maximum Gasteiger partial charge on any atom is 0.408 e. The summed E-state index contributed by atoms with van der Waals surface area (Å²) in [6.45, 7) is 12.7. The van der Waals surface area contributed by atoms with E-state index in [0.29, 0.717) is 12.8 Å². The molecule has 42 heavy (non-hydrogen) atoms. The summed E-state index contributed by atoms with van der Waals surface area (Å²) in [7, 11) is -4.02. The first kappa shape index (κ1) is 31.7. The van der Waals surface area contributed by atoms with Crippen LogP contribution in [0.3, 0.4) is 0 Å². The normalized spacial score (nSPS) is 14.5. The second kappa shape index (κ2) is 13.4. The van der Waals surface area contributed by atoms with Crippen LogP contribution in [0.4, 0.5) is 4.79 Å². The molecule has 1 N–H and O–H groups in total. The molecule has 0 spiro atoms. The number of benzene rings is 3. The van der Waals surface area contributed by atoms with Gasteiger partial charge >= 0.3 is 13.7 Å². The minimum absolute atomic E-state index is 0.184. The van der Waals surface area contributed by atoms with Gasteiger partial charge in [0.2, 0.25) is 0 Å². The third kappa shape index (κ3) is 7.97. The van der Waals surface area contributed by atoms with E-state index in [1.807, 2.05) is 115 Å². The molecule has 3 aromatic rings. The molecule has 0 aromatic heterocycles. The Labute approximate surface area is 250 Å². The lowest BCUT2D eigenvalue weighted by molar-refractivity contribution is 0.0516. The molecule has 0 heterocycles. The standard InChI is InChI=1S/C34H43N2O5P/c1-23(2)40-42(38,41-24(3)4)32(36-31-28-19-13-11-17-26(28)27-18-12-14-20-29(27)31)30(35-33(37)39-34(5,6)7)22-21-25-15-9-8-10-16-25/h8-20,23-24,30-31H,21-22H2,1-7H3,(H,35,37). The fraction of sp³-hybridized carbons (Fsp3) is 0.412. The largest absolute Gasteiger partial charge is 0.444 e. The fourth-order valence-corrected chi connectivity index (χ4v) is 7.32. The van der Waals surface area contributed by atoms with E-state index in [9.17, 15) is 9.36 Å². The highest BCUT2D eigenvalue weighted by molar-refractivity contribution is 7.72. The molecule has 0 aliphatic heterocycles. The van der Waals surface area contributed by atoms with Crippen LogP contribution in [-0.2, 0) is 24.8 Å². The molecule has 1 atom stereocenters. The summed E-state index contributed by atoms with van der Waals surface area (Å²) in [4.78, 5) is 18.5. The molecule has 3 aromatic carbocycles. The smallest absolute Gasteiger partial charge is 0.408 e. The van der Waals surface area contributed by atoms with Crippen LogP contribution in [0.15, 0.2) is 83.9 Å². The van der Waals surface area contributed by atoms with Crippen LogP contribution in [0.5, 0.6) is 0 Å². The predicted octanol–water partition coefficient (Wildman–Crippen LogP) is 8.72. The van der Waals surface area contributed by atoms with Gasteiger partial charge in [-0.25, -0.2) is 4.79 Å². The molecule has 8 heteroatoms. The van der Waals surface area contributed by atoms with Crippen LogP contribution in [0.2, 0.25) is 0 Å². The maximum absolute atomic E-state index is 14.9. The number of carbonyl (C=O) groups excluding carboxylic acids is 1. The minimum atomic E-state index is -4.02. The average molecular weight is 591 g/mol. The van der Waals surface area contributed by atoms with Crippen LogP contribution in [0, 0.1) is 0 Å². The molecule has 224 valence electrons. The van der Waals surface area contributed by atoms with Crippen molar-refractivity contribution in [3.63, 3.8) is 0 Å². The summed E-state index contributed by atoms with van der Waals surface area (Å²) in [6, 6.07) is 24.9. The van der Waals surface area contributed by atoms with E-state index in [2.05, 4.69) is 17.4 Å². The van der Waals surface area contributed by atoms with Crippen molar-refractivity contribution in [3.05, 3.63) is 95.6 Å². The molecular weight excluding hydrogens is 547 g/mol. The van der Waals surface area contributed by atoms with Crippen molar-refractivity contribution in [1.29, 1.82) is 0 Å². The van der Waals surface area contributed by atoms with Gasteiger partial charge in [0.25, 0.3) is 0 Å². The Hall–Kier alpha value is -3.25. The lowest BCUT2D eigenvalue weighted by atomic mass is 10.0. The van der Waals surface area contributed by atoms with Gasteiger partial charge in [-0.15, -0.1) is 0 Å². The highest BCUT2D eigenvalue weighted by Gasteiger charge is 2.42. The first-order chi connectivity index (χ1) is 19.9. The van der Waals surface area contributed by atoms with Gasteiger partial charge in [-0.3, -0.25) is 9.56 Å². The molecule has 0 bridgehead atoms. The quantitative estimate of drug-likeness (QED) is 0.178. The van der Waals surface area contributed by atoms with Crippen molar-refractivity contribution in [2.75, 3.05) is 0 Å². The minimum Gasteiger partial charge on any atom is -0.444 e. The van der Waals surface area contributed by atoms with E-state index >= 15 is 0 Å². The molecule has 1 aliphatic rings.